The first-order chi connectivity index (χ1) is 9.65. The topological polar surface area (TPSA) is 54.4 Å². The van der Waals surface area contributed by atoms with Crippen LogP contribution in [0.1, 0.15) is 50.8 Å². The third-order valence-electron chi connectivity index (χ3n) is 3.67. The van der Waals surface area contributed by atoms with Gasteiger partial charge in [0.2, 0.25) is 0 Å². The Morgan fingerprint density at radius 2 is 1.55 bits per heavy atom. The molecule has 2 aromatic rings. The van der Waals surface area contributed by atoms with Gasteiger partial charge >= 0.3 is 0 Å². The lowest BCUT2D eigenvalue weighted by Gasteiger charge is -2.19. The normalized spacial score (nSPS) is 13.1. The van der Waals surface area contributed by atoms with E-state index in [0.29, 0.717) is 28.7 Å². The van der Waals surface area contributed by atoms with E-state index in [4.69, 9.17) is 0 Å². The first-order valence-corrected chi connectivity index (χ1v) is 6.68. The Hall–Kier alpha value is -2.42. The molecule has 3 nitrogen and oxygen atoms in total. The summed E-state index contributed by atoms with van der Waals surface area (Å²) in [5, 5.41) is 10.3. The molecule has 1 aliphatic carbocycles. The average Bonchev–Trinajstić information content (AvgIpc) is 2.47. The second-order valence-corrected chi connectivity index (χ2v) is 4.95. The highest BCUT2D eigenvalue weighted by molar-refractivity contribution is 6.29. The number of phenols is 1. The average molecular weight is 266 g/mol. The quantitative estimate of drug-likeness (QED) is 0.775. The van der Waals surface area contributed by atoms with E-state index in [-0.39, 0.29) is 22.9 Å². The van der Waals surface area contributed by atoms with Gasteiger partial charge in [0.05, 0.1) is 5.56 Å². The van der Waals surface area contributed by atoms with Gasteiger partial charge in [0.25, 0.3) is 0 Å². The molecule has 0 aliphatic heterocycles. The third-order valence-corrected chi connectivity index (χ3v) is 3.67. The maximum absolute atomic E-state index is 12.5. The van der Waals surface area contributed by atoms with E-state index < -0.39 is 0 Å². The smallest absolute Gasteiger partial charge is 0.198 e. The van der Waals surface area contributed by atoms with E-state index in [1.165, 1.54) is 0 Å². The summed E-state index contributed by atoms with van der Waals surface area (Å²) < 4.78 is 0. The molecule has 0 spiro atoms. The van der Waals surface area contributed by atoms with Gasteiger partial charge in [-0.15, -0.1) is 0 Å². The van der Waals surface area contributed by atoms with Crippen LogP contribution in [0.4, 0.5) is 0 Å². The van der Waals surface area contributed by atoms with E-state index in [1.807, 2.05) is 6.92 Å². The molecule has 0 saturated carbocycles. The van der Waals surface area contributed by atoms with E-state index in [2.05, 4.69) is 0 Å². The van der Waals surface area contributed by atoms with Crippen molar-refractivity contribution in [3.05, 3.63) is 64.2 Å². The summed E-state index contributed by atoms with van der Waals surface area (Å²) in [7, 11) is 0. The number of fused-ring (bicyclic) bond motifs is 2. The Balaban J connectivity index is 2.26. The number of phenolic OH excluding ortho intramolecular Hbond substituents is 1. The van der Waals surface area contributed by atoms with Gasteiger partial charge in [0, 0.05) is 16.7 Å². The number of benzene rings is 2. The highest BCUT2D eigenvalue weighted by atomic mass is 16.3. The van der Waals surface area contributed by atoms with Crippen LogP contribution in [-0.2, 0) is 6.42 Å². The van der Waals surface area contributed by atoms with Crippen molar-refractivity contribution in [1.29, 1.82) is 0 Å². The molecule has 0 saturated heterocycles. The fourth-order valence-corrected chi connectivity index (χ4v) is 2.68. The molecule has 0 aromatic heterocycles. The van der Waals surface area contributed by atoms with Crippen LogP contribution in [-0.4, -0.2) is 16.7 Å². The van der Waals surface area contributed by atoms with Crippen LogP contribution < -0.4 is 0 Å². The van der Waals surface area contributed by atoms with Crippen molar-refractivity contribution in [3.8, 4) is 5.75 Å². The van der Waals surface area contributed by atoms with Crippen molar-refractivity contribution in [3.63, 3.8) is 0 Å². The number of rotatable bonds is 2. The molecule has 0 bridgehead atoms. The summed E-state index contributed by atoms with van der Waals surface area (Å²) in [6, 6.07) is 10.1. The van der Waals surface area contributed by atoms with Crippen molar-refractivity contribution in [1.82, 2.24) is 0 Å². The number of aromatic hydroxyl groups is 1. The van der Waals surface area contributed by atoms with E-state index >= 15 is 0 Å². The summed E-state index contributed by atoms with van der Waals surface area (Å²) in [5.41, 5.74) is 1.94. The molecule has 100 valence electrons. The van der Waals surface area contributed by atoms with Crippen molar-refractivity contribution in [2.75, 3.05) is 0 Å². The molecule has 0 atom stereocenters. The Kier molecular flexibility index (Phi) is 2.90. The van der Waals surface area contributed by atoms with Gasteiger partial charge in [-0.05, 0) is 18.1 Å². The molecule has 2 aromatic carbocycles. The molecular formula is C17H14O3. The fourth-order valence-electron chi connectivity index (χ4n) is 2.68. The van der Waals surface area contributed by atoms with Crippen molar-refractivity contribution in [2.45, 2.75) is 19.8 Å². The maximum atomic E-state index is 12.5. The molecule has 0 amide bonds. The van der Waals surface area contributed by atoms with Gasteiger partial charge in [-0.3, -0.25) is 9.59 Å². The number of hydrogen-bond acceptors (Lipinski definition) is 3. The summed E-state index contributed by atoms with van der Waals surface area (Å²) in [6.45, 7) is 2.00. The summed E-state index contributed by atoms with van der Waals surface area (Å²) in [5.74, 6) is -0.517. The molecule has 1 N–H and O–H groups in total. The van der Waals surface area contributed by atoms with Gasteiger partial charge in [-0.1, -0.05) is 43.7 Å². The standard InChI is InChI=1S/C17H14O3/c1-2-5-10-8-9-13-14(15(10)18)17(20)12-7-4-3-6-11(12)16(13)19/h3-4,6-9,18H,2,5H2,1H3. The molecule has 0 heterocycles. The van der Waals surface area contributed by atoms with Gasteiger partial charge in [-0.2, -0.15) is 0 Å². The predicted molar refractivity (Wildman–Crippen MR) is 75.4 cm³/mol. The predicted octanol–water partition coefficient (Wildman–Crippen LogP) is 3.12. The Morgan fingerprint density at radius 1 is 0.900 bits per heavy atom. The van der Waals surface area contributed by atoms with Gasteiger partial charge in [0.15, 0.2) is 11.6 Å². The Morgan fingerprint density at radius 3 is 2.20 bits per heavy atom. The van der Waals surface area contributed by atoms with Gasteiger partial charge in [-0.25, -0.2) is 0 Å². The van der Waals surface area contributed by atoms with E-state index in [0.717, 1.165) is 6.42 Å². The Bertz CT molecular complexity index is 729. The highest BCUT2D eigenvalue weighted by Crippen LogP contribution is 2.35. The van der Waals surface area contributed by atoms with Crippen molar-refractivity contribution in [2.24, 2.45) is 0 Å². The molecule has 3 rings (SSSR count). The minimum Gasteiger partial charge on any atom is -0.507 e. The van der Waals surface area contributed by atoms with Crippen LogP contribution >= 0.6 is 0 Å². The molecule has 3 heteroatoms. The first-order valence-electron chi connectivity index (χ1n) is 6.68. The van der Waals surface area contributed by atoms with E-state index in [9.17, 15) is 14.7 Å². The fraction of sp³-hybridized carbons (Fsp3) is 0.176. The SMILES string of the molecule is CCCc1ccc2c(c1O)C(=O)c1ccccc1C2=O. The summed E-state index contributed by atoms with van der Waals surface area (Å²) in [6.07, 6.45) is 1.55. The monoisotopic (exact) mass is 266 g/mol. The van der Waals surface area contributed by atoms with Crippen LogP contribution in [0.2, 0.25) is 0 Å². The molecule has 0 unspecified atom stereocenters. The lowest BCUT2D eigenvalue weighted by molar-refractivity contribution is 0.0976. The Labute approximate surface area is 116 Å². The minimum absolute atomic E-state index is 0.0443. The second kappa shape index (κ2) is 4.60. The van der Waals surface area contributed by atoms with Gasteiger partial charge in [0.1, 0.15) is 5.75 Å². The minimum atomic E-state index is -0.273. The highest BCUT2D eigenvalue weighted by Gasteiger charge is 2.32. The maximum Gasteiger partial charge on any atom is 0.198 e. The lowest BCUT2D eigenvalue weighted by Crippen LogP contribution is -2.21. The first kappa shape index (κ1) is 12.6. The molecule has 1 aliphatic rings. The molecule has 20 heavy (non-hydrogen) atoms. The van der Waals surface area contributed by atoms with Gasteiger partial charge < -0.3 is 5.11 Å². The molecular weight excluding hydrogens is 252 g/mol. The summed E-state index contributed by atoms with van der Waals surface area (Å²) >= 11 is 0. The van der Waals surface area contributed by atoms with Crippen LogP contribution in [0.15, 0.2) is 36.4 Å². The number of ketones is 2. The van der Waals surface area contributed by atoms with Crippen LogP contribution in [0.25, 0.3) is 0 Å². The zero-order valence-corrected chi connectivity index (χ0v) is 11.1. The van der Waals surface area contributed by atoms with Crippen LogP contribution in [0, 0.1) is 0 Å². The van der Waals surface area contributed by atoms with E-state index in [1.54, 1.807) is 36.4 Å². The number of carbonyl (C=O) groups is 2. The van der Waals surface area contributed by atoms with Crippen molar-refractivity contribution >= 4 is 11.6 Å². The third kappa shape index (κ3) is 1.67. The lowest BCUT2D eigenvalue weighted by atomic mass is 9.82. The van der Waals surface area contributed by atoms with Crippen molar-refractivity contribution < 1.29 is 14.7 Å². The second-order valence-electron chi connectivity index (χ2n) is 4.95. The largest absolute Gasteiger partial charge is 0.507 e. The zero-order valence-electron chi connectivity index (χ0n) is 11.1. The number of hydrogen-bond donors (Lipinski definition) is 1. The zero-order chi connectivity index (χ0) is 14.3. The summed E-state index contributed by atoms with van der Waals surface area (Å²) in [4.78, 5) is 24.9. The molecule has 0 radical (unpaired) electrons. The van der Waals surface area contributed by atoms with Crippen LogP contribution in [0.5, 0.6) is 5.75 Å². The number of carbonyl (C=O) groups excluding carboxylic acids is 2. The molecule has 0 fully saturated rings. The number of aryl methyl sites for hydroxylation is 1. The van der Waals surface area contributed by atoms with Crippen LogP contribution in [0.3, 0.4) is 0 Å².